The number of piperazine rings is 1. The van der Waals surface area contributed by atoms with E-state index in [-0.39, 0.29) is 6.03 Å². The van der Waals surface area contributed by atoms with Crippen molar-refractivity contribution in [2.45, 2.75) is 18.9 Å². The van der Waals surface area contributed by atoms with Crippen LogP contribution in [-0.2, 0) is 4.74 Å². The number of methoxy groups -OCH3 is 1. The molecule has 22 heavy (non-hydrogen) atoms. The summed E-state index contributed by atoms with van der Waals surface area (Å²) in [6.45, 7) is 3.39. The van der Waals surface area contributed by atoms with E-state index in [2.05, 4.69) is 15.0 Å². The van der Waals surface area contributed by atoms with E-state index >= 15 is 0 Å². The SMILES string of the molecule is COC(=O)c1cccc(NC(=O)N2CCN(C3CC3)CC2)c1. The maximum atomic E-state index is 12.3. The number of carbonyl (C=O) groups excluding carboxylic acids is 2. The van der Waals surface area contributed by atoms with Crippen molar-refractivity contribution >= 4 is 17.7 Å². The molecule has 1 saturated heterocycles. The Morgan fingerprint density at radius 1 is 1.18 bits per heavy atom. The molecule has 3 rings (SSSR count). The second kappa shape index (κ2) is 6.36. The fourth-order valence-corrected chi connectivity index (χ4v) is 2.77. The highest BCUT2D eigenvalue weighted by Crippen LogP contribution is 2.27. The van der Waals surface area contributed by atoms with Crippen molar-refractivity contribution in [3.05, 3.63) is 29.8 Å². The highest BCUT2D eigenvalue weighted by Gasteiger charge is 2.32. The lowest BCUT2D eigenvalue weighted by Gasteiger charge is -2.34. The van der Waals surface area contributed by atoms with E-state index in [0.717, 1.165) is 32.2 Å². The van der Waals surface area contributed by atoms with E-state index < -0.39 is 5.97 Å². The molecule has 1 N–H and O–H groups in total. The van der Waals surface area contributed by atoms with E-state index in [9.17, 15) is 9.59 Å². The number of urea groups is 1. The highest BCUT2D eigenvalue weighted by atomic mass is 16.5. The number of carbonyl (C=O) groups is 2. The third kappa shape index (κ3) is 3.39. The molecule has 1 saturated carbocycles. The van der Waals surface area contributed by atoms with Gasteiger partial charge in [-0.15, -0.1) is 0 Å². The molecule has 0 spiro atoms. The molecule has 1 aromatic carbocycles. The maximum absolute atomic E-state index is 12.3. The Morgan fingerprint density at radius 2 is 1.91 bits per heavy atom. The lowest BCUT2D eigenvalue weighted by Crippen LogP contribution is -2.50. The number of anilines is 1. The van der Waals surface area contributed by atoms with Crippen molar-refractivity contribution in [2.75, 3.05) is 38.6 Å². The topological polar surface area (TPSA) is 61.9 Å². The molecule has 118 valence electrons. The zero-order valence-electron chi connectivity index (χ0n) is 12.7. The molecule has 0 radical (unpaired) electrons. The van der Waals surface area contributed by atoms with Gasteiger partial charge in [0.05, 0.1) is 12.7 Å². The molecule has 1 aliphatic carbocycles. The molecule has 0 unspecified atom stereocenters. The molecule has 1 aromatic rings. The first-order valence-corrected chi connectivity index (χ1v) is 7.66. The Bertz CT molecular complexity index is 564. The second-order valence-electron chi connectivity index (χ2n) is 5.76. The van der Waals surface area contributed by atoms with E-state index in [4.69, 9.17) is 0 Å². The predicted molar refractivity (Wildman–Crippen MR) is 83.0 cm³/mol. The zero-order valence-corrected chi connectivity index (χ0v) is 12.7. The van der Waals surface area contributed by atoms with Crippen molar-refractivity contribution in [2.24, 2.45) is 0 Å². The number of hydrogen-bond acceptors (Lipinski definition) is 4. The van der Waals surface area contributed by atoms with Crippen molar-refractivity contribution in [3.8, 4) is 0 Å². The molecular weight excluding hydrogens is 282 g/mol. The molecular formula is C16H21N3O3. The first kappa shape index (κ1) is 14.8. The Labute approximate surface area is 130 Å². The molecule has 2 fully saturated rings. The van der Waals surface area contributed by atoms with E-state index in [1.54, 1.807) is 24.3 Å². The Hall–Kier alpha value is -2.08. The van der Waals surface area contributed by atoms with Crippen LogP contribution in [-0.4, -0.2) is 61.1 Å². The maximum Gasteiger partial charge on any atom is 0.337 e. The minimum Gasteiger partial charge on any atom is -0.465 e. The molecule has 2 amide bonds. The minimum atomic E-state index is -0.408. The summed E-state index contributed by atoms with van der Waals surface area (Å²) in [7, 11) is 1.34. The number of nitrogens with one attached hydrogen (secondary N) is 1. The van der Waals surface area contributed by atoms with Crippen LogP contribution >= 0.6 is 0 Å². The molecule has 6 heteroatoms. The lowest BCUT2D eigenvalue weighted by atomic mass is 10.2. The van der Waals surface area contributed by atoms with Gasteiger partial charge in [-0.3, -0.25) is 4.90 Å². The third-order valence-electron chi connectivity index (χ3n) is 4.20. The number of nitrogens with zero attached hydrogens (tertiary/aromatic N) is 2. The van der Waals surface area contributed by atoms with Crippen LogP contribution in [0, 0.1) is 0 Å². The molecule has 6 nitrogen and oxygen atoms in total. The van der Waals surface area contributed by atoms with Crippen LogP contribution < -0.4 is 5.32 Å². The summed E-state index contributed by atoms with van der Waals surface area (Å²) < 4.78 is 4.69. The van der Waals surface area contributed by atoms with Crippen LogP contribution in [0.5, 0.6) is 0 Å². The summed E-state index contributed by atoms with van der Waals surface area (Å²) in [4.78, 5) is 28.1. The molecule has 1 heterocycles. The van der Waals surface area contributed by atoms with Gasteiger partial charge < -0.3 is 15.0 Å². The number of benzene rings is 1. The monoisotopic (exact) mass is 303 g/mol. The number of ether oxygens (including phenoxy) is 1. The van der Waals surface area contributed by atoms with Crippen LogP contribution in [0.2, 0.25) is 0 Å². The first-order chi connectivity index (χ1) is 10.7. The van der Waals surface area contributed by atoms with Crippen LogP contribution in [0.15, 0.2) is 24.3 Å². The van der Waals surface area contributed by atoms with E-state index in [1.807, 2.05) is 4.90 Å². The second-order valence-corrected chi connectivity index (χ2v) is 5.76. The average Bonchev–Trinajstić information content (AvgIpc) is 3.39. The Balaban J connectivity index is 1.56. The smallest absolute Gasteiger partial charge is 0.337 e. The van der Waals surface area contributed by atoms with Crippen LogP contribution in [0.1, 0.15) is 23.2 Å². The van der Waals surface area contributed by atoms with E-state index in [0.29, 0.717) is 11.3 Å². The van der Waals surface area contributed by atoms with Gasteiger partial charge in [-0.2, -0.15) is 0 Å². The fourth-order valence-electron chi connectivity index (χ4n) is 2.77. The summed E-state index contributed by atoms with van der Waals surface area (Å²) in [5, 5.41) is 2.85. The van der Waals surface area contributed by atoms with Gasteiger partial charge in [-0.25, -0.2) is 9.59 Å². The van der Waals surface area contributed by atoms with Gasteiger partial charge in [-0.05, 0) is 31.0 Å². The van der Waals surface area contributed by atoms with Crippen LogP contribution in [0.4, 0.5) is 10.5 Å². The van der Waals surface area contributed by atoms with Gasteiger partial charge in [0, 0.05) is 37.9 Å². The molecule has 1 aliphatic heterocycles. The van der Waals surface area contributed by atoms with E-state index in [1.165, 1.54) is 20.0 Å². The summed E-state index contributed by atoms with van der Waals surface area (Å²) in [5.41, 5.74) is 1.04. The van der Waals surface area contributed by atoms with Crippen molar-refractivity contribution in [1.82, 2.24) is 9.80 Å². The first-order valence-electron chi connectivity index (χ1n) is 7.66. The van der Waals surface area contributed by atoms with Crippen molar-refractivity contribution in [3.63, 3.8) is 0 Å². The molecule has 2 aliphatic rings. The summed E-state index contributed by atoms with van der Waals surface area (Å²) in [6, 6.07) is 7.43. The third-order valence-corrected chi connectivity index (χ3v) is 4.20. The predicted octanol–water partition coefficient (Wildman–Crippen LogP) is 1.79. The minimum absolute atomic E-state index is 0.113. The summed E-state index contributed by atoms with van der Waals surface area (Å²) in [6.07, 6.45) is 2.60. The number of hydrogen-bond donors (Lipinski definition) is 1. The largest absolute Gasteiger partial charge is 0.465 e. The number of rotatable bonds is 3. The Kier molecular flexibility index (Phi) is 4.29. The molecule has 0 atom stereocenters. The van der Waals surface area contributed by atoms with Gasteiger partial charge in [0.1, 0.15) is 0 Å². The highest BCUT2D eigenvalue weighted by molar-refractivity contribution is 5.93. The average molecular weight is 303 g/mol. The normalized spacial score (nSPS) is 18.9. The Morgan fingerprint density at radius 3 is 2.55 bits per heavy atom. The van der Waals surface area contributed by atoms with Gasteiger partial charge in [0.25, 0.3) is 0 Å². The quantitative estimate of drug-likeness (QED) is 0.865. The van der Waals surface area contributed by atoms with Crippen LogP contribution in [0.25, 0.3) is 0 Å². The molecule has 0 aromatic heterocycles. The van der Waals surface area contributed by atoms with Gasteiger partial charge in [-0.1, -0.05) is 6.07 Å². The summed E-state index contributed by atoms with van der Waals surface area (Å²) in [5.74, 6) is -0.408. The van der Waals surface area contributed by atoms with Crippen molar-refractivity contribution < 1.29 is 14.3 Å². The van der Waals surface area contributed by atoms with Crippen molar-refractivity contribution in [1.29, 1.82) is 0 Å². The summed E-state index contributed by atoms with van der Waals surface area (Å²) >= 11 is 0. The van der Waals surface area contributed by atoms with Gasteiger partial charge in [0.15, 0.2) is 0 Å². The number of amides is 2. The molecule has 0 bridgehead atoms. The fraction of sp³-hybridized carbons (Fsp3) is 0.500. The zero-order chi connectivity index (χ0) is 15.5. The number of esters is 1. The lowest BCUT2D eigenvalue weighted by molar-refractivity contribution is 0.0600. The van der Waals surface area contributed by atoms with Crippen LogP contribution in [0.3, 0.4) is 0 Å². The standard InChI is InChI=1S/C16H21N3O3/c1-22-15(20)12-3-2-4-13(11-12)17-16(21)19-9-7-18(8-10-19)14-5-6-14/h2-4,11,14H,5-10H2,1H3,(H,17,21). The van der Waals surface area contributed by atoms with Gasteiger partial charge in [0.2, 0.25) is 0 Å². The van der Waals surface area contributed by atoms with Gasteiger partial charge >= 0.3 is 12.0 Å².